The average Bonchev–Trinajstić information content (AvgIpc) is 2.43. The Hall–Kier alpha value is -1.82. The number of carbonyl (C=O) groups excluding carboxylic acids is 1. The largest absolute Gasteiger partial charge is 0.496 e. The quantitative estimate of drug-likeness (QED) is 0.618. The van der Waals surface area contributed by atoms with E-state index in [-0.39, 0.29) is 16.9 Å². The first kappa shape index (κ1) is 14.6. The zero-order valence-corrected chi connectivity index (χ0v) is 11.8. The van der Waals surface area contributed by atoms with Gasteiger partial charge < -0.3 is 4.74 Å². The summed E-state index contributed by atoms with van der Waals surface area (Å²) in [6.45, 7) is 0. The number of benzene rings is 2. The van der Waals surface area contributed by atoms with Crippen LogP contribution < -0.4 is 4.74 Å². The summed E-state index contributed by atoms with van der Waals surface area (Å²) in [6, 6.07) is 5.96. The van der Waals surface area contributed by atoms with Crippen LogP contribution in [0.25, 0.3) is 0 Å². The van der Waals surface area contributed by atoms with E-state index in [4.69, 9.17) is 4.74 Å². The van der Waals surface area contributed by atoms with Crippen LogP contribution in [0.5, 0.6) is 5.75 Å². The minimum atomic E-state index is -1.61. The smallest absolute Gasteiger partial charge is 0.197 e. The number of halogens is 4. The van der Waals surface area contributed by atoms with Crippen LogP contribution in [0.1, 0.15) is 15.9 Å². The molecule has 2 nitrogen and oxygen atoms in total. The van der Waals surface area contributed by atoms with E-state index >= 15 is 0 Å². The van der Waals surface area contributed by atoms with Crippen molar-refractivity contribution in [3.05, 3.63) is 63.4 Å². The molecule has 0 saturated carbocycles. The van der Waals surface area contributed by atoms with Crippen molar-refractivity contribution in [1.29, 1.82) is 0 Å². The minimum Gasteiger partial charge on any atom is -0.496 e. The summed E-state index contributed by atoms with van der Waals surface area (Å²) >= 11 is 3.19. The second kappa shape index (κ2) is 5.66. The standard InChI is InChI=1S/C14H8BrF3O2/c1-20-12-3-2-8(15)6-9(12)14(19)7-4-10(16)13(18)11(17)5-7/h2-6H,1H3. The third-order valence-electron chi connectivity index (χ3n) is 2.65. The summed E-state index contributed by atoms with van der Waals surface area (Å²) in [4.78, 5) is 12.2. The lowest BCUT2D eigenvalue weighted by Gasteiger charge is -2.08. The summed E-state index contributed by atoms with van der Waals surface area (Å²) in [5.74, 6) is -4.85. The molecule has 2 aromatic carbocycles. The molecule has 104 valence electrons. The van der Waals surface area contributed by atoms with Crippen molar-refractivity contribution in [3.63, 3.8) is 0 Å². The number of carbonyl (C=O) groups is 1. The molecule has 0 N–H and O–H groups in total. The summed E-state index contributed by atoms with van der Waals surface area (Å²) in [5, 5.41) is 0. The highest BCUT2D eigenvalue weighted by Gasteiger charge is 2.19. The third-order valence-corrected chi connectivity index (χ3v) is 3.15. The van der Waals surface area contributed by atoms with Gasteiger partial charge in [0.05, 0.1) is 12.7 Å². The van der Waals surface area contributed by atoms with Gasteiger partial charge in [-0.2, -0.15) is 0 Å². The van der Waals surface area contributed by atoms with Gasteiger partial charge in [-0.15, -0.1) is 0 Å². The van der Waals surface area contributed by atoms with Gasteiger partial charge in [-0.3, -0.25) is 4.79 Å². The maximum Gasteiger partial charge on any atom is 0.197 e. The van der Waals surface area contributed by atoms with Gasteiger partial charge in [-0.05, 0) is 30.3 Å². The molecule has 0 bridgehead atoms. The van der Waals surface area contributed by atoms with Crippen LogP contribution in [0.15, 0.2) is 34.8 Å². The molecule has 0 unspecified atom stereocenters. The van der Waals surface area contributed by atoms with Crippen LogP contribution in [0.2, 0.25) is 0 Å². The number of hydrogen-bond acceptors (Lipinski definition) is 2. The molecule has 0 radical (unpaired) electrons. The van der Waals surface area contributed by atoms with E-state index in [9.17, 15) is 18.0 Å². The lowest BCUT2D eigenvalue weighted by Crippen LogP contribution is -2.06. The predicted octanol–water partition coefficient (Wildman–Crippen LogP) is 4.11. The van der Waals surface area contributed by atoms with Gasteiger partial charge in [0.15, 0.2) is 23.2 Å². The Kier molecular flexibility index (Phi) is 4.13. The van der Waals surface area contributed by atoms with Crippen LogP contribution in [-0.4, -0.2) is 12.9 Å². The fourth-order valence-electron chi connectivity index (χ4n) is 1.70. The number of ketones is 1. The highest BCUT2D eigenvalue weighted by atomic mass is 79.9. The molecule has 6 heteroatoms. The summed E-state index contributed by atoms with van der Waals surface area (Å²) in [6.07, 6.45) is 0. The highest BCUT2D eigenvalue weighted by Crippen LogP contribution is 2.26. The van der Waals surface area contributed by atoms with Crippen molar-refractivity contribution in [1.82, 2.24) is 0 Å². The molecule has 0 aliphatic carbocycles. The normalized spacial score (nSPS) is 10.4. The van der Waals surface area contributed by atoms with Gasteiger partial charge in [0.2, 0.25) is 0 Å². The molecule has 0 aromatic heterocycles. The summed E-state index contributed by atoms with van der Waals surface area (Å²) < 4.78 is 44.9. The Bertz CT molecular complexity index is 663. The monoisotopic (exact) mass is 344 g/mol. The summed E-state index contributed by atoms with van der Waals surface area (Å²) in [5.41, 5.74) is -0.176. The fourth-order valence-corrected chi connectivity index (χ4v) is 2.06. The van der Waals surface area contributed by atoms with E-state index in [1.54, 1.807) is 6.07 Å². The lowest BCUT2D eigenvalue weighted by atomic mass is 10.0. The van der Waals surface area contributed by atoms with Gasteiger partial charge in [0.1, 0.15) is 5.75 Å². The predicted molar refractivity (Wildman–Crippen MR) is 70.4 cm³/mol. The molecule has 0 aliphatic rings. The molecule has 0 saturated heterocycles. The van der Waals surface area contributed by atoms with Crippen molar-refractivity contribution in [2.24, 2.45) is 0 Å². The molecule has 0 fully saturated rings. The van der Waals surface area contributed by atoms with Crippen molar-refractivity contribution < 1.29 is 22.7 Å². The molecular weight excluding hydrogens is 337 g/mol. The van der Waals surface area contributed by atoms with Crippen molar-refractivity contribution in [3.8, 4) is 5.75 Å². The van der Waals surface area contributed by atoms with Gasteiger partial charge >= 0.3 is 0 Å². The van der Waals surface area contributed by atoms with Crippen LogP contribution in [0.4, 0.5) is 13.2 Å². The maximum atomic E-state index is 13.2. The van der Waals surface area contributed by atoms with Crippen LogP contribution in [0, 0.1) is 17.5 Å². The van der Waals surface area contributed by atoms with E-state index in [1.807, 2.05) is 0 Å². The first-order chi connectivity index (χ1) is 9.43. The van der Waals surface area contributed by atoms with Crippen LogP contribution in [0.3, 0.4) is 0 Å². The maximum absolute atomic E-state index is 13.2. The molecular formula is C14H8BrF3O2. The van der Waals surface area contributed by atoms with Gasteiger partial charge in [-0.25, -0.2) is 13.2 Å². The topological polar surface area (TPSA) is 26.3 Å². The first-order valence-corrected chi connectivity index (χ1v) is 6.26. The zero-order chi connectivity index (χ0) is 14.9. The van der Waals surface area contributed by atoms with E-state index < -0.39 is 23.2 Å². The zero-order valence-electron chi connectivity index (χ0n) is 10.2. The van der Waals surface area contributed by atoms with E-state index in [0.717, 1.165) is 0 Å². The Morgan fingerprint density at radius 3 is 2.25 bits per heavy atom. The fraction of sp³-hybridized carbons (Fsp3) is 0.0714. The number of ether oxygens (including phenoxy) is 1. The number of hydrogen-bond donors (Lipinski definition) is 0. The van der Waals surface area contributed by atoms with Gasteiger partial charge in [0, 0.05) is 10.0 Å². The van der Waals surface area contributed by atoms with Crippen molar-refractivity contribution in [2.45, 2.75) is 0 Å². The molecule has 20 heavy (non-hydrogen) atoms. The Morgan fingerprint density at radius 2 is 1.70 bits per heavy atom. The second-order valence-electron chi connectivity index (χ2n) is 3.93. The SMILES string of the molecule is COc1ccc(Br)cc1C(=O)c1cc(F)c(F)c(F)c1. The van der Waals surface area contributed by atoms with Crippen LogP contribution >= 0.6 is 15.9 Å². The Labute approximate surface area is 121 Å². The average molecular weight is 345 g/mol. The van der Waals surface area contributed by atoms with Gasteiger partial charge in [0.25, 0.3) is 0 Å². The van der Waals surface area contributed by atoms with Crippen molar-refractivity contribution in [2.75, 3.05) is 7.11 Å². The Morgan fingerprint density at radius 1 is 1.10 bits per heavy atom. The molecule has 2 rings (SSSR count). The van der Waals surface area contributed by atoms with Crippen molar-refractivity contribution >= 4 is 21.7 Å². The number of rotatable bonds is 3. The third kappa shape index (κ3) is 2.70. The van der Waals surface area contributed by atoms with E-state index in [1.165, 1.54) is 19.2 Å². The molecule has 0 aliphatic heterocycles. The lowest BCUT2D eigenvalue weighted by molar-refractivity contribution is 0.103. The van der Waals surface area contributed by atoms with E-state index in [2.05, 4.69) is 15.9 Å². The molecule has 0 heterocycles. The summed E-state index contributed by atoms with van der Waals surface area (Å²) in [7, 11) is 1.37. The molecule has 0 amide bonds. The second-order valence-corrected chi connectivity index (χ2v) is 4.84. The Balaban J connectivity index is 2.54. The minimum absolute atomic E-state index is 0.118. The molecule has 2 aromatic rings. The molecule has 0 spiro atoms. The molecule has 0 atom stereocenters. The number of methoxy groups -OCH3 is 1. The van der Waals surface area contributed by atoms with Gasteiger partial charge in [-0.1, -0.05) is 15.9 Å². The van der Waals surface area contributed by atoms with Crippen LogP contribution in [-0.2, 0) is 0 Å². The first-order valence-electron chi connectivity index (χ1n) is 5.47. The van der Waals surface area contributed by atoms with E-state index in [0.29, 0.717) is 16.6 Å². The highest BCUT2D eigenvalue weighted by molar-refractivity contribution is 9.10.